The van der Waals surface area contributed by atoms with Crippen LogP contribution in [0.4, 0.5) is 14.9 Å². The lowest BCUT2D eigenvalue weighted by Crippen LogP contribution is -2.45. The van der Waals surface area contributed by atoms with Crippen molar-refractivity contribution in [3.63, 3.8) is 0 Å². The Morgan fingerprint density at radius 2 is 1.89 bits per heavy atom. The summed E-state index contributed by atoms with van der Waals surface area (Å²) in [6, 6.07) is 5.56. The fourth-order valence-electron chi connectivity index (χ4n) is 4.42. The Bertz CT molecular complexity index is 1610. The van der Waals surface area contributed by atoms with Gasteiger partial charge in [0.25, 0.3) is 11.6 Å². The molecule has 2 atom stereocenters. The Kier molecular flexibility index (Phi) is 13.3. The van der Waals surface area contributed by atoms with Gasteiger partial charge < -0.3 is 30.2 Å². The number of rotatable bonds is 15. The molecule has 14 nitrogen and oxygen atoms in total. The number of carbonyl (C=O) groups is 2. The minimum Gasteiger partial charge on any atom is -0.475 e. The number of nitrogens with two attached hydrogens (primary N) is 1. The first-order valence-corrected chi connectivity index (χ1v) is 15.0. The number of halogens is 1. The topological polar surface area (TPSA) is 189 Å². The number of aromatic nitrogens is 4. The molecule has 1 aromatic carbocycles. The van der Waals surface area contributed by atoms with Crippen molar-refractivity contribution in [3.8, 4) is 22.9 Å². The molecular weight excluding hydrogens is 599 g/mol. The third kappa shape index (κ3) is 9.66. The number of benzene rings is 1. The van der Waals surface area contributed by atoms with Crippen molar-refractivity contribution in [1.82, 2.24) is 30.0 Å². The van der Waals surface area contributed by atoms with Crippen LogP contribution in [0.25, 0.3) is 16.9 Å². The maximum atomic E-state index is 14.8. The minimum absolute atomic E-state index is 0.0721. The summed E-state index contributed by atoms with van der Waals surface area (Å²) in [6.07, 6.45) is 7.30. The second-order valence-electron chi connectivity index (χ2n) is 9.90. The van der Waals surface area contributed by atoms with E-state index in [2.05, 4.69) is 25.6 Å². The summed E-state index contributed by atoms with van der Waals surface area (Å²) in [4.78, 5) is 47.3. The van der Waals surface area contributed by atoms with Gasteiger partial charge in [-0.25, -0.2) is 19.2 Å². The number of nitrogens with zero attached hydrogens (tertiary/aromatic N) is 5. The first kappa shape index (κ1) is 35.3. The molecule has 2 unspecified atom stereocenters. The summed E-state index contributed by atoms with van der Waals surface area (Å²) in [5.41, 5.74) is 7.11. The van der Waals surface area contributed by atoms with Gasteiger partial charge in [0.05, 0.1) is 29.1 Å². The van der Waals surface area contributed by atoms with Crippen LogP contribution in [0.15, 0.2) is 55.1 Å². The number of hydrogen-bond donors (Lipinski definition) is 3. The summed E-state index contributed by atoms with van der Waals surface area (Å²) in [6.45, 7) is 8.94. The highest BCUT2D eigenvalue weighted by Gasteiger charge is 2.20. The Balaban J connectivity index is 0.00000282. The summed E-state index contributed by atoms with van der Waals surface area (Å²) in [5.74, 6) is -0.913. The molecule has 0 aliphatic carbocycles. The molecule has 3 aromatic heterocycles. The first-order chi connectivity index (χ1) is 22.2. The monoisotopic (exact) mass is 638 g/mol. The van der Waals surface area contributed by atoms with Crippen molar-refractivity contribution in [1.29, 1.82) is 0 Å². The number of fused-ring (bicyclic) bond motifs is 1. The van der Waals surface area contributed by atoms with Crippen molar-refractivity contribution < 1.29 is 28.4 Å². The van der Waals surface area contributed by atoms with Crippen LogP contribution in [0.2, 0.25) is 0 Å². The Labute approximate surface area is 265 Å². The van der Waals surface area contributed by atoms with Crippen molar-refractivity contribution in [2.45, 2.75) is 65.5 Å². The Morgan fingerprint density at radius 3 is 2.57 bits per heavy atom. The lowest BCUT2D eigenvalue weighted by molar-refractivity contribution is -0.384. The van der Waals surface area contributed by atoms with Crippen LogP contribution in [0.1, 0.15) is 65.1 Å². The van der Waals surface area contributed by atoms with Crippen LogP contribution in [0.3, 0.4) is 0 Å². The summed E-state index contributed by atoms with van der Waals surface area (Å²) in [7, 11) is 0. The van der Waals surface area contributed by atoms with Crippen LogP contribution < -0.4 is 25.8 Å². The van der Waals surface area contributed by atoms with Gasteiger partial charge in [0.1, 0.15) is 11.8 Å². The zero-order chi connectivity index (χ0) is 33.6. The molecule has 15 heteroatoms. The van der Waals surface area contributed by atoms with Crippen molar-refractivity contribution in [3.05, 3.63) is 76.7 Å². The van der Waals surface area contributed by atoms with Gasteiger partial charge in [-0.1, -0.05) is 27.2 Å². The van der Waals surface area contributed by atoms with Gasteiger partial charge in [-0.05, 0) is 50.9 Å². The normalized spacial score (nSPS) is 12.0. The van der Waals surface area contributed by atoms with E-state index in [1.165, 1.54) is 30.5 Å². The number of primary amides is 1. The number of non-ortho nitro benzene ring substituents is 1. The third-order valence-electron chi connectivity index (χ3n) is 6.72. The number of imidazole rings is 1. The maximum absolute atomic E-state index is 14.8. The number of ether oxygens (including phenoxy) is 2. The average Bonchev–Trinajstić information content (AvgIpc) is 3.52. The lowest BCUT2D eigenvalue weighted by Gasteiger charge is -2.15. The molecule has 0 saturated heterocycles. The zero-order valence-corrected chi connectivity index (χ0v) is 26.2. The number of nitro groups is 1. The van der Waals surface area contributed by atoms with Crippen LogP contribution in [-0.4, -0.2) is 55.5 Å². The lowest BCUT2D eigenvalue weighted by atomic mass is 10.1. The van der Waals surface area contributed by atoms with E-state index in [9.17, 15) is 24.1 Å². The smallest absolute Gasteiger partial charge is 0.413 e. The molecule has 246 valence electrons. The number of hydrogen-bond acceptors (Lipinski definition) is 10. The molecule has 4 rings (SSSR count). The van der Waals surface area contributed by atoms with Crippen molar-refractivity contribution in [2.75, 3.05) is 13.2 Å². The van der Waals surface area contributed by atoms with E-state index in [4.69, 9.17) is 15.2 Å². The van der Waals surface area contributed by atoms with Crippen molar-refractivity contribution in [2.24, 2.45) is 5.73 Å². The number of carbonyl (C=O) groups excluding carboxylic acids is 2. The highest BCUT2D eigenvalue weighted by atomic mass is 19.1. The third-order valence-corrected chi connectivity index (χ3v) is 6.72. The van der Waals surface area contributed by atoms with Gasteiger partial charge in [0, 0.05) is 42.3 Å². The number of nitrogens with one attached hydrogen (secondary N) is 2. The standard InChI is InChI=1S/C29H33FN8O6.C2H6/c1-3-32-18(2)24-15-21(22(30)16-34-24)25-17-37-13-12-33-27(37)28(35-25)43-14-6-4-5-7-23(26(31)39)36-29(40)44-20-10-8-19(9-11-20)38(41)42;1-2/h8-13,15-18,23,32H,3-7,14H2,1-2H3,(H2,31,39)(H,36,40);1-2H3. The largest absolute Gasteiger partial charge is 0.475 e. The SMILES string of the molecule is CC.CCNC(C)c1cc(-c2cn3ccnc3c(OCCCCCC(NC(=O)Oc3ccc([N+](=O)[O-])cc3)C(N)=O)n2)c(F)cn1. The average molecular weight is 639 g/mol. The highest BCUT2D eigenvalue weighted by molar-refractivity contribution is 5.84. The molecule has 4 N–H and O–H groups in total. The van der Waals surface area contributed by atoms with E-state index in [1.807, 2.05) is 27.7 Å². The fourth-order valence-corrected chi connectivity index (χ4v) is 4.42. The first-order valence-electron chi connectivity index (χ1n) is 15.0. The molecule has 0 radical (unpaired) electrons. The van der Waals surface area contributed by atoms with Gasteiger partial charge in [0.2, 0.25) is 11.6 Å². The number of pyridine rings is 1. The van der Waals surface area contributed by atoms with Gasteiger partial charge in [-0.2, -0.15) is 0 Å². The molecule has 0 saturated carbocycles. The van der Waals surface area contributed by atoms with Crippen LogP contribution in [0, 0.1) is 15.9 Å². The second-order valence-corrected chi connectivity index (χ2v) is 9.90. The number of unbranched alkanes of at least 4 members (excludes halogenated alkanes) is 2. The van der Waals surface area contributed by atoms with E-state index in [-0.39, 0.29) is 41.9 Å². The van der Waals surface area contributed by atoms with Crippen molar-refractivity contribution >= 4 is 23.3 Å². The van der Waals surface area contributed by atoms with E-state index in [0.29, 0.717) is 36.3 Å². The van der Waals surface area contributed by atoms with Gasteiger partial charge in [-0.15, -0.1) is 0 Å². The van der Waals surface area contributed by atoms with Gasteiger partial charge in [0.15, 0.2) is 5.82 Å². The molecule has 0 aliphatic heterocycles. The summed E-state index contributed by atoms with van der Waals surface area (Å²) in [5, 5.41) is 16.4. The predicted molar refractivity (Wildman–Crippen MR) is 169 cm³/mol. The van der Waals surface area contributed by atoms with E-state index >= 15 is 0 Å². The quantitative estimate of drug-likeness (QED) is 0.0896. The number of amides is 2. The Hall–Kier alpha value is -5.18. The summed E-state index contributed by atoms with van der Waals surface area (Å²) < 4.78 is 27.6. The van der Waals surface area contributed by atoms with Crippen LogP contribution in [-0.2, 0) is 4.79 Å². The molecule has 3 heterocycles. The fraction of sp³-hybridized carbons (Fsp3) is 0.387. The van der Waals surface area contributed by atoms with Gasteiger partial charge in [-0.3, -0.25) is 19.9 Å². The van der Waals surface area contributed by atoms with Crippen LogP contribution in [0.5, 0.6) is 11.6 Å². The van der Waals surface area contributed by atoms with Crippen LogP contribution >= 0.6 is 0 Å². The highest BCUT2D eigenvalue weighted by Crippen LogP contribution is 2.27. The van der Waals surface area contributed by atoms with Gasteiger partial charge >= 0.3 is 6.09 Å². The predicted octanol–water partition coefficient (Wildman–Crippen LogP) is 5.12. The minimum atomic E-state index is -0.972. The molecule has 4 aromatic rings. The molecule has 2 amide bonds. The molecule has 0 fully saturated rings. The zero-order valence-electron chi connectivity index (χ0n) is 26.2. The molecular formula is C31H39FN8O6. The maximum Gasteiger partial charge on any atom is 0.413 e. The van der Waals surface area contributed by atoms with E-state index in [1.54, 1.807) is 29.1 Å². The molecule has 0 bridgehead atoms. The van der Waals surface area contributed by atoms with E-state index < -0.39 is 28.8 Å². The summed E-state index contributed by atoms with van der Waals surface area (Å²) >= 11 is 0. The molecule has 0 spiro atoms. The number of nitro benzene ring substituents is 1. The molecule has 0 aliphatic rings. The van der Waals surface area contributed by atoms with E-state index in [0.717, 1.165) is 6.54 Å². The second kappa shape index (κ2) is 17.3. The Morgan fingerprint density at radius 1 is 1.15 bits per heavy atom. The molecule has 46 heavy (non-hydrogen) atoms.